The molecule has 128 valence electrons. The third kappa shape index (κ3) is 2.93. The van der Waals surface area contributed by atoms with Gasteiger partial charge in [0.15, 0.2) is 0 Å². The van der Waals surface area contributed by atoms with Crippen LogP contribution >= 0.6 is 0 Å². The van der Waals surface area contributed by atoms with Gasteiger partial charge < -0.3 is 9.47 Å². The number of fused-ring (bicyclic) bond motifs is 1. The lowest BCUT2D eigenvalue weighted by molar-refractivity contribution is -0.128. The van der Waals surface area contributed by atoms with E-state index in [0.29, 0.717) is 19.0 Å². The number of hydrogen-bond acceptors (Lipinski definition) is 2. The quantitative estimate of drug-likeness (QED) is 0.720. The molecule has 1 unspecified atom stereocenters. The van der Waals surface area contributed by atoms with Crippen molar-refractivity contribution in [1.29, 1.82) is 0 Å². The highest BCUT2D eigenvalue weighted by atomic mass is 16.2. The topological polar surface area (TPSA) is 38.1 Å². The van der Waals surface area contributed by atoms with E-state index in [4.69, 9.17) is 4.98 Å². The van der Waals surface area contributed by atoms with E-state index in [1.54, 1.807) is 0 Å². The zero-order valence-corrected chi connectivity index (χ0v) is 14.7. The third-order valence-electron chi connectivity index (χ3n) is 4.94. The Morgan fingerprint density at radius 2 is 1.80 bits per heavy atom. The molecular formula is C21H23N3O. The summed E-state index contributed by atoms with van der Waals surface area (Å²) < 4.78 is 2.29. The van der Waals surface area contributed by atoms with Crippen LogP contribution < -0.4 is 0 Å². The molecule has 4 heteroatoms. The molecule has 0 bridgehead atoms. The van der Waals surface area contributed by atoms with Gasteiger partial charge in [-0.25, -0.2) is 4.98 Å². The molecule has 0 radical (unpaired) electrons. The molecule has 25 heavy (non-hydrogen) atoms. The number of likely N-dealkylation sites (tertiary alicyclic amines) is 1. The first-order valence-electron chi connectivity index (χ1n) is 8.92. The van der Waals surface area contributed by atoms with E-state index in [-0.39, 0.29) is 11.8 Å². The van der Waals surface area contributed by atoms with Gasteiger partial charge in [0.05, 0.1) is 11.0 Å². The molecule has 1 saturated heterocycles. The Morgan fingerprint density at radius 1 is 1.08 bits per heavy atom. The molecule has 0 spiro atoms. The molecule has 1 amide bonds. The average Bonchev–Trinajstić information content (AvgIpc) is 3.17. The summed E-state index contributed by atoms with van der Waals surface area (Å²) in [4.78, 5) is 19.4. The van der Waals surface area contributed by atoms with Gasteiger partial charge in [0.2, 0.25) is 5.91 Å². The monoisotopic (exact) mass is 333 g/mol. The van der Waals surface area contributed by atoms with Crippen LogP contribution in [-0.2, 0) is 11.3 Å². The zero-order valence-electron chi connectivity index (χ0n) is 14.7. The SMILES string of the molecule is CC(C)n1c(C2CC(=O)N(Cc3ccccc3)C2)nc2ccccc21. The van der Waals surface area contributed by atoms with Crippen molar-refractivity contribution in [3.05, 3.63) is 66.0 Å². The van der Waals surface area contributed by atoms with Crippen molar-refractivity contribution in [3.8, 4) is 0 Å². The molecule has 4 rings (SSSR count). The van der Waals surface area contributed by atoms with E-state index in [1.165, 1.54) is 5.56 Å². The molecule has 2 heterocycles. The molecule has 4 nitrogen and oxygen atoms in total. The first kappa shape index (κ1) is 15.9. The van der Waals surface area contributed by atoms with Crippen molar-refractivity contribution in [2.75, 3.05) is 6.54 Å². The molecule has 1 aliphatic rings. The number of carbonyl (C=O) groups excluding carboxylic acids is 1. The Kier molecular flexibility index (Phi) is 4.04. The van der Waals surface area contributed by atoms with Crippen LogP contribution in [-0.4, -0.2) is 26.9 Å². The predicted molar refractivity (Wildman–Crippen MR) is 99.3 cm³/mol. The summed E-state index contributed by atoms with van der Waals surface area (Å²) in [6.45, 7) is 5.77. The number of para-hydroxylation sites is 2. The van der Waals surface area contributed by atoms with Crippen molar-refractivity contribution in [2.45, 2.75) is 38.8 Å². The normalized spacial score (nSPS) is 17.8. The lowest BCUT2D eigenvalue weighted by atomic mass is 10.1. The summed E-state index contributed by atoms with van der Waals surface area (Å²) in [5.41, 5.74) is 3.34. The van der Waals surface area contributed by atoms with E-state index in [1.807, 2.05) is 35.2 Å². The molecule has 1 atom stereocenters. The van der Waals surface area contributed by atoms with Crippen LogP contribution in [0.5, 0.6) is 0 Å². The van der Waals surface area contributed by atoms with Gasteiger partial charge in [-0.2, -0.15) is 0 Å². The fourth-order valence-corrected chi connectivity index (χ4v) is 3.80. The van der Waals surface area contributed by atoms with Gasteiger partial charge in [0.1, 0.15) is 5.82 Å². The second kappa shape index (κ2) is 6.36. The number of benzene rings is 2. The Balaban J connectivity index is 1.64. The van der Waals surface area contributed by atoms with Crippen LogP contribution in [0.2, 0.25) is 0 Å². The number of amides is 1. The van der Waals surface area contributed by atoms with Crippen LogP contribution in [0.4, 0.5) is 0 Å². The number of imidazole rings is 1. The van der Waals surface area contributed by atoms with Gasteiger partial charge in [-0.05, 0) is 31.5 Å². The second-order valence-electron chi connectivity index (χ2n) is 7.08. The summed E-state index contributed by atoms with van der Waals surface area (Å²) in [6, 6.07) is 18.7. The summed E-state index contributed by atoms with van der Waals surface area (Å²) in [5, 5.41) is 0. The highest BCUT2D eigenvalue weighted by molar-refractivity contribution is 5.81. The Hall–Kier alpha value is -2.62. The maximum atomic E-state index is 12.5. The van der Waals surface area contributed by atoms with Crippen molar-refractivity contribution in [1.82, 2.24) is 14.5 Å². The minimum Gasteiger partial charge on any atom is -0.338 e. The molecule has 1 aliphatic heterocycles. The standard InChI is InChI=1S/C21H23N3O/c1-15(2)24-19-11-7-6-10-18(19)22-21(24)17-12-20(25)23(14-17)13-16-8-4-3-5-9-16/h3-11,15,17H,12-14H2,1-2H3. The number of hydrogen-bond donors (Lipinski definition) is 0. The lowest BCUT2D eigenvalue weighted by Gasteiger charge is -2.18. The lowest BCUT2D eigenvalue weighted by Crippen LogP contribution is -2.24. The summed E-state index contributed by atoms with van der Waals surface area (Å²) in [6.07, 6.45) is 0.545. The highest BCUT2D eigenvalue weighted by Gasteiger charge is 2.34. The van der Waals surface area contributed by atoms with Gasteiger partial charge in [-0.1, -0.05) is 42.5 Å². The maximum Gasteiger partial charge on any atom is 0.223 e. The zero-order chi connectivity index (χ0) is 17.4. The molecule has 2 aromatic carbocycles. The average molecular weight is 333 g/mol. The number of nitrogens with zero attached hydrogens (tertiary/aromatic N) is 3. The van der Waals surface area contributed by atoms with Crippen LogP contribution in [0.1, 0.15) is 43.6 Å². The fraction of sp³-hybridized carbons (Fsp3) is 0.333. The molecular weight excluding hydrogens is 310 g/mol. The number of carbonyl (C=O) groups is 1. The highest BCUT2D eigenvalue weighted by Crippen LogP contribution is 2.33. The van der Waals surface area contributed by atoms with E-state index < -0.39 is 0 Å². The van der Waals surface area contributed by atoms with Crippen LogP contribution in [0, 0.1) is 0 Å². The van der Waals surface area contributed by atoms with Crippen molar-refractivity contribution >= 4 is 16.9 Å². The molecule has 3 aromatic rings. The van der Waals surface area contributed by atoms with Crippen LogP contribution in [0.25, 0.3) is 11.0 Å². The molecule has 0 aliphatic carbocycles. The number of rotatable bonds is 4. The Morgan fingerprint density at radius 3 is 2.56 bits per heavy atom. The van der Waals surface area contributed by atoms with Crippen molar-refractivity contribution in [3.63, 3.8) is 0 Å². The van der Waals surface area contributed by atoms with Gasteiger partial charge in [0.25, 0.3) is 0 Å². The molecule has 0 saturated carbocycles. The van der Waals surface area contributed by atoms with E-state index in [9.17, 15) is 4.79 Å². The van der Waals surface area contributed by atoms with E-state index in [0.717, 1.165) is 23.4 Å². The molecule has 0 N–H and O–H groups in total. The predicted octanol–water partition coefficient (Wildman–Crippen LogP) is 4.13. The van der Waals surface area contributed by atoms with E-state index >= 15 is 0 Å². The Bertz CT molecular complexity index is 898. The molecule has 1 fully saturated rings. The van der Waals surface area contributed by atoms with Gasteiger partial charge in [-0.3, -0.25) is 4.79 Å². The smallest absolute Gasteiger partial charge is 0.223 e. The first-order chi connectivity index (χ1) is 12.1. The summed E-state index contributed by atoms with van der Waals surface area (Å²) in [5.74, 6) is 1.42. The second-order valence-corrected chi connectivity index (χ2v) is 7.08. The molecule has 1 aromatic heterocycles. The fourth-order valence-electron chi connectivity index (χ4n) is 3.80. The van der Waals surface area contributed by atoms with Crippen molar-refractivity contribution in [2.24, 2.45) is 0 Å². The summed E-state index contributed by atoms with van der Waals surface area (Å²) >= 11 is 0. The van der Waals surface area contributed by atoms with Gasteiger partial charge in [0, 0.05) is 31.5 Å². The van der Waals surface area contributed by atoms with Gasteiger partial charge in [-0.15, -0.1) is 0 Å². The number of aromatic nitrogens is 2. The van der Waals surface area contributed by atoms with Crippen molar-refractivity contribution < 1.29 is 4.79 Å². The van der Waals surface area contributed by atoms with Crippen LogP contribution in [0.15, 0.2) is 54.6 Å². The summed E-state index contributed by atoms with van der Waals surface area (Å²) in [7, 11) is 0. The minimum atomic E-state index is 0.158. The third-order valence-corrected chi connectivity index (χ3v) is 4.94. The maximum absolute atomic E-state index is 12.5. The van der Waals surface area contributed by atoms with E-state index in [2.05, 4.69) is 42.7 Å². The minimum absolute atomic E-state index is 0.158. The van der Waals surface area contributed by atoms with Gasteiger partial charge >= 0.3 is 0 Å². The first-order valence-corrected chi connectivity index (χ1v) is 8.92. The Labute approximate surface area is 148 Å². The largest absolute Gasteiger partial charge is 0.338 e. The van der Waals surface area contributed by atoms with Crippen LogP contribution in [0.3, 0.4) is 0 Å².